The third-order valence-corrected chi connectivity index (χ3v) is 4.58. The van der Waals surface area contributed by atoms with Crippen LogP contribution in [0.15, 0.2) is 79.1 Å². The predicted molar refractivity (Wildman–Crippen MR) is 108 cm³/mol. The molecule has 0 N–H and O–H groups in total. The number of fused-ring (bicyclic) bond motifs is 1. The maximum atomic E-state index is 13.0. The van der Waals surface area contributed by atoms with Gasteiger partial charge < -0.3 is 14.0 Å². The molecule has 0 spiro atoms. The molecule has 4 aromatic rings. The SMILES string of the molecule is CN(Cc1ccc(F)cc1)C(=O)c1ccc(OCc2cn3ccccc3n2)cc1. The fourth-order valence-electron chi connectivity index (χ4n) is 3.06. The highest BCUT2D eigenvalue weighted by Gasteiger charge is 2.12. The Morgan fingerprint density at radius 3 is 2.55 bits per heavy atom. The van der Waals surface area contributed by atoms with E-state index in [0.29, 0.717) is 24.5 Å². The highest BCUT2D eigenvalue weighted by atomic mass is 19.1. The zero-order valence-electron chi connectivity index (χ0n) is 16.0. The lowest BCUT2D eigenvalue weighted by atomic mass is 10.1. The van der Waals surface area contributed by atoms with Crippen LogP contribution in [0.1, 0.15) is 21.6 Å². The number of carbonyl (C=O) groups excluding carboxylic acids is 1. The summed E-state index contributed by atoms with van der Waals surface area (Å²) in [4.78, 5) is 18.7. The summed E-state index contributed by atoms with van der Waals surface area (Å²) >= 11 is 0. The van der Waals surface area contributed by atoms with Gasteiger partial charge >= 0.3 is 0 Å². The number of hydrogen-bond donors (Lipinski definition) is 0. The van der Waals surface area contributed by atoms with Crippen molar-refractivity contribution in [3.63, 3.8) is 0 Å². The van der Waals surface area contributed by atoms with Gasteiger partial charge in [0.15, 0.2) is 0 Å². The van der Waals surface area contributed by atoms with Crippen molar-refractivity contribution in [2.24, 2.45) is 0 Å². The number of imidazole rings is 1. The van der Waals surface area contributed by atoms with Crippen molar-refractivity contribution in [2.45, 2.75) is 13.2 Å². The largest absolute Gasteiger partial charge is 0.487 e. The Balaban J connectivity index is 1.36. The number of hydrogen-bond acceptors (Lipinski definition) is 3. The maximum absolute atomic E-state index is 13.0. The van der Waals surface area contributed by atoms with E-state index >= 15 is 0 Å². The summed E-state index contributed by atoms with van der Waals surface area (Å²) in [6, 6.07) is 19.0. The van der Waals surface area contributed by atoms with Crippen LogP contribution >= 0.6 is 0 Å². The van der Waals surface area contributed by atoms with Gasteiger partial charge in [-0.15, -0.1) is 0 Å². The molecule has 0 fully saturated rings. The minimum Gasteiger partial charge on any atom is -0.487 e. The average Bonchev–Trinajstić information content (AvgIpc) is 3.17. The summed E-state index contributed by atoms with van der Waals surface area (Å²) in [7, 11) is 1.72. The summed E-state index contributed by atoms with van der Waals surface area (Å²) in [5, 5.41) is 0. The minimum atomic E-state index is -0.290. The molecule has 0 aliphatic carbocycles. The second kappa shape index (κ2) is 8.14. The standard InChI is InChI=1S/C23H20FN3O2/c1-26(14-17-5-9-19(24)10-6-17)23(28)18-7-11-21(12-8-18)29-16-20-15-27-13-3-2-4-22(27)25-20/h2-13,15H,14,16H2,1H3. The van der Waals surface area contributed by atoms with Crippen molar-refractivity contribution in [2.75, 3.05) is 7.05 Å². The molecule has 29 heavy (non-hydrogen) atoms. The van der Waals surface area contributed by atoms with E-state index in [1.807, 2.05) is 35.0 Å². The van der Waals surface area contributed by atoms with Crippen molar-refractivity contribution >= 4 is 11.6 Å². The summed E-state index contributed by atoms with van der Waals surface area (Å²) < 4.78 is 20.7. The average molecular weight is 389 g/mol. The second-order valence-electron chi connectivity index (χ2n) is 6.80. The lowest BCUT2D eigenvalue weighted by Gasteiger charge is -2.17. The molecule has 2 heterocycles. The molecule has 6 heteroatoms. The maximum Gasteiger partial charge on any atom is 0.253 e. The highest BCUT2D eigenvalue weighted by molar-refractivity contribution is 5.94. The number of benzene rings is 2. The van der Waals surface area contributed by atoms with E-state index in [9.17, 15) is 9.18 Å². The summed E-state index contributed by atoms with van der Waals surface area (Å²) in [6.45, 7) is 0.755. The summed E-state index contributed by atoms with van der Waals surface area (Å²) in [6.07, 6.45) is 3.87. The van der Waals surface area contributed by atoms with E-state index in [1.54, 1.807) is 48.3 Å². The van der Waals surface area contributed by atoms with Gasteiger partial charge in [0.25, 0.3) is 5.91 Å². The van der Waals surface area contributed by atoms with Crippen molar-refractivity contribution < 1.29 is 13.9 Å². The number of pyridine rings is 1. The lowest BCUT2D eigenvalue weighted by molar-refractivity contribution is 0.0785. The third-order valence-electron chi connectivity index (χ3n) is 4.58. The first-order valence-corrected chi connectivity index (χ1v) is 9.24. The van der Waals surface area contributed by atoms with Crippen LogP contribution in [-0.2, 0) is 13.2 Å². The van der Waals surface area contributed by atoms with Crippen LogP contribution in [0.25, 0.3) is 5.65 Å². The molecule has 0 saturated carbocycles. The first kappa shape index (κ1) is 18.7. The normalized spacial score (nSPS) is 10.8. The first-order chi connectivity index (χ1) is 14.1. The molecule has 0 unspecified atom stereocenters. The van der Waals surface area contributed by atoms with Crippen LogP contribution in [0.3, 0.4) is 0 Å². The van der Waals surface area contributed by atoms with Crippen molar-refractivity contribution in [1.29, 1.82) is 0 Å². The molecular weight excluding hydrogens is 369 g/mol. The lowest BCUT2D eigenvalue weighted by Crippen LogP contribution is -2.26. The summed E-state index contributed by atoms with van der Waals surface area (Å²) in [5.74, 6) is 0.267. The van der Waals surface area contributed by atoms with Gasteiger partial charge in [0.05, 0.1) is 5.69 Å². The van der Waals surface area contributed by atoms with E-state index in [-0.39, 0.29) is 11.7 Å². The Bertz CT molecular complexity index is 1090. The molecule has 0 radical (unpaired) electrons. The van der Waals surface area contributed by atoms with Gasteiger partial charge in [-0.05, 0) is 54.1 Å². The van der Waals surface area contributed by atoms with Crippen LogP contribution in [0, 0.1) is 5.82 Å². The number of aromatic nitrogens is 2. The Labute approximate surface area is 168 Å². The Morgan fingerprint density at radius 2 is 1.83 bits per heavy atom. The number of carbonyl (C=O) groups is 1. The number of nitrogens with zero attached hydrogens (tertiary/aromatic N) is 3. The number of halogens is 1. The molecule has 0 aliphatic heterocycles. The third kappa shape index (κ3) is 4.43. The van der Waals surface area contributed by atoms with Crippen LogP contribution in [-0.4, -0.2) is 27.2 Å². The van der Waals surface area contributed by atoms with E-state index in [4.69, 9.17) is 4.74 Å². The van der Waals surface area contributed by atoms with Gasteiger partial charge in [-0.25, -0.2) is 9.37 Å². The van der Waals surface area contributed by atoms with Crippen LogP contribution in [0.4, 0.5) is 4.39 Å². The van der Waals surface area contributed by atoms with E-state index < -0.39 is 0 Å². The second-order valence-corrected chi connectivity index (χ2v) is 6.80. The Morgan fingerprint density at radius 1 is 1.07 bits per heavy atom. The molecule has 0 bridgehead atoms. The van der Waals surface area contributed by atoms with Gasteiger partial charge in [0.1, 0.15) is 23.8 Å². The molecule has 5 nitrogen and oxygen atoms in total. The van der Waals surface area contributed by atoms with Crippen LogP contribution in [0.5, 0.6) is 5.75 Å². The zero-order valence-corrected chi connectivity index (χ0v) is 16.0. The van der Waals surface area contributed by atoms with Crippen LogP contribution < -0.4 is 4.74 Å². The monoisotopic (exact) mass is 389 g/mol. The van der Waals surface area contributed by atoms with Gasteiger partial charge in [-0.3, -0.25) is 4.79 Å². The van der Waals surface area contributed by atoms with E-state index in [0.717, 1.165) is 16.9 Å². The van der Waals surface area contributed by atoms with Crippen molar-refractivity contribution in [3.05, 3.63) is 102 Å². The molecular formula is C23H20FN3O2. The van der Waals surface area contributed by atoms with Gasteiger partial charge in [-0.1, -0.05) is 18.2 Å². The molecule has 1 amide bonds. The fourth-order valence-corrected chi connectivity index (χ4v) is 3.06. The first-order valence-electron chi connectivity index (χ1n) is 9.24. The Kier molecular flexibility index (Phi) is 5.24. The molecule has 2 aromatic heterocycles. The molecule has 0 aliphatic rings. The number of ether oxygens (including phenoxy) is 1. The van der Waals surface area contributed by atoms with Gasteiger partial charge in [0, 0.05) is 31.5 Å². The molecule has 146 valence electrons. The van der Waals surface area contributed by atoms with Crippen LogP contribution in [0.2, 0.25) is 0 Å². The highest BCUT2D eigenvalue weighted by Crippen LogP contribution is 2.16. The van der Waals surface area contributed by atoms with Gasteiger partial charge in [-0.2, -0.15) is 0 Å². The van der Waals surface area contributed by atoms with E-state index in [2.05, 4.69) is 4.98 Å². The molecule has 2 aromatic carbocycles. The Hall–Kier alpha value is -3.67. The smallest absolute Gasteiger partial charge is 0.253 e. The zero-order chi connectivity index (χ0) is 20.2. The molecule has 0 saturated heterocycles. The minimum absolute atomic E-state index is 0.110. The van der Waals surface area contributed by atoms with Crippen molar-refractivity contribution in [1.82, 2.24) is 14.3 Å². The van der Waals surface area contributed by atoms with Crippen molar-refractivity contribution in [3.8, 4) is 5.75 Å². The summed E-state index contributed by atoms with van der Waals surface area (Å²) in [5.41, 5.74) is 3.14. The van der Waals surface area contributed by atoms with E-state index in [1.165, 1.54) is 12.1 Å². The number of rotatable bonds is 6. The quantitative estimate of drug-likeness (QED) is 0.493. The predicted octanol–water partition coefficient (Wildman–Crippen LogP) is 4.32. The molecule has 4 rings (SSSR count). The topological polar surface area (TPSA) is 46.8 Å². The fraction of sp³-hybridized carbons (Fsp3) is 0.130. The molecule has 0 atom stereocenters. The number of amides is 1. The van der Waals surface area contributed by atoms with Gasteiger partial charge in [0.2, 0.25) is 0 Å².